The molecule has 1 saturated heterocycles. The maximum atomic E-state index is 13.7. The van der Waals surface area contributed by atoms with E-state index in [1.165, 1.54) is 13.0 Å². The van der Waals surface area contributed by atoms with Crippen molar-refractivity contribution in [3.8, 4) is 5.75 Å². The molecule has 0 unspecified atom stereocenters. The van der Waals surface area contributed by atoms with Crippen molar-refractivity contribution in [2.75, 3.05) is 24.6 Å². The first-order valence-electron chi connectivity index (χ1n) is 9.91. The molecule has 8 nitrogen and oxygen atoms in total. The summed E-state index contributed by atoms with van der Waals surface area (Å²) in [6.45, 7) is 2.21. The number of piperidine rings is 1. The first-order valence-corrected chi connectivity index (χ1v) is 9.91. The summed E-state index contributed by atoms with van der Waals surface area (Å²) in [7, 11) is 0. The van der Waals surface area contributed by atoms with Crippen LogP contribution >= 0.6 is 0 Å². The predicted octanol–water partition coefficient (Wildman–Crippen LogP) is 2.20. The Kier molecular flexibility index (Phi) is 7.42. The van der Waals surface area contributed by atoms with Crippen molar-refractivity contribution < 1.29 is 28.2 Å². The van der Waals surface area contributed by atoms with E-state index >= 15 is 0 Å². The van der Waals surface area contributed by atoms with E-state index in [0.717, 1.165) is 31.6 Å². The van der Waals surface area contributed by atoms with Crippen molar-refractivity contribution in [3.05, 3.63) is 59.9 Å². The van der Waals surface area contributed by atoms with Crippen molar-refractivity contribution >= 4 is 23.5 Å². The molecule has 2 N–H and O–H groups in total. The maximum absolute atomic E-state index is 13.7. The monoisotopic (exact) mass is 429 g/mol. The summed E-state index contributed by atoms with van der Waals surface area (Å²) in [5, 5.41) is 0. The number of halogens is 1. The van der Waals surface area contributed by atoms with E-state index in [1.807, 2.05) is 12.1 Å². The molecule has 31 heavy (non-hydrogen) atoms. The number of para-hydroxylation sites is 1. The predicted molar refractivity (Wildman–Crippen MR) is 111 cm³/mol. The van der Waals surface area contributed by atoms with Crippen LogP contribution in [-0.4, -0.2) is 43.6 Å². The average molecular weight is 429 g/mol. The minimum Gasteiger partial charge on any atom is -0.487 e. The number of ether oxygens (including phenoxy) is 2. The summed E-state index contributed by atoms with van der Waals surface area (Å²) >= 11 is 0. The highest BCUT2D eigenvalue weighted by atomic mass is 19.1. The normalized spacial score (nSPS) is 13.9. The molecule has 0 spiro atoms. The molecule has 1 heterocycles. The van der Waals surface area contributed by atoms with Crippen LogP contribution in [0.3, 0.4) is 0 Å². The molecular weight excluding hydrogens is 405 g/mol. The number of nitrogens with one attached hydrogen (secondary N) is 2. The zero-order valence-corrected chi connectivity index (χ0v) is 17.1. The Morgan fingerprint density at radius 2 is 1.71 bits per heavy atom. The summed E-state index contributed by atoms with van der Waals surface area (Å²) in [6, 6.07) is 13.4. The van der Waals surface area contributed by atoms with Gasteiger partial charge in [0.2, 0.25) is 0 Å². The van der Waals surface area contributed by atoms with Gasteiger partial charge in [0.25, 0.3) is 11.8 Å². The van der Waals surface area contributed by atoms with E-state index < -0.39 is 24.4 Å². The highest BCUT2D eigenvalue weighted by Crippen LogP contribution is 2.25. The molecule has 2 aromatic rings. The molecule has 0 atom stereocenters. The third-order valence-corrected chi connectivity index (χ3v) is 4.79. The number of amides is 2. The molecule has 2 aromatic carbocycles. The Balaban J connectivity index is 1.46. The number of carbonyl (C=O) groups is 3. The van der Waals surface area contributed by atoms with Crippen LogP contribution in [0.4, 0.5) is 10.1 Å². The van der Waals surface area contributed by atoms with Crippen molar-refractivity contribution in [2.45, 2.75) is 25.9 Å². The van der Waals surface area contributed by atoms with Crippen LogP contribution in [0.5, 0.6) is 5.75 Å². The topological polar surface area (TPSA) is 97.0 Å². The van der Waals surface area contributed by atoms with Crippen molar-refractivity contribution in [2.24, 2.45) is 0 Å². The SMILES string of the molecule is CC(=O)OCC(=O)NNC(=O)c1ccc(N2CCC(Oc3ccccc3F)CC2)cc1. The van der Waals surface area contributed by atoms with Gasteiger partial charge in [-0.1, -0.05) is 12.1 Å². The van der Waals surface area contributed by atoms with Gasteiger partial charge in [0.05, 0.1) is 0 Å². The third-order valence-electron chi connectivity index (χ3n) is 4.79. The number of anilines is 1. The number of rotatable bonds is 6. The Morgan fingerprint density at radius 3 is 2.35 bits per heavy atom. The van der Waals surface area contributed by atoms with Crippen LogP contribution in [0.2, 0.25) is 0 Å². The van der Waals surface area contributed by atoms with Gasteiger partial charge in [-0.3, -0.25) is 25.2 Å². The largest absolute Gasteiger partial charge is 0.487 e. The molecule has 0 bridgehead atoms. The molecule has 2 amide bonds. The van der Waals surface area contributed by atoms with E-state index in [2.05, 4.69) is 20.5 Å². The Labute approximate surface area is 179 Å². The minimum absolute atomic E-state index is 0.0474. The summed E-state index contributed by atoms with van der Waals surface area (Å²) < 4.78 is 24.1. The van der Waals surface area contributed by atoms with Gasteiger partial charge in [-0.25, -0.2) is 4.39 Å². The smallest absolute Gasteiger partial charge is 0.303 e. The Hall–Kier alpha value is -3.62. The first-order chi connectivity index (χ1) is 14.9. The number of carbonyl (C=O) groups excluding carboxylic acids is 3. The number of hydrogen-bond donors (Lipinski definition) is 2. The summed E-state index contributed by atoms with van der Waals surface area (Å²) in [4.78, 5) is 36.4. The van der Waals surface area contributed by atoms with Crippen molar-refractivity contribution in [1.29, 1.82) is 0 Å². The number of hydrazine groups is 1. The quantitative estimate of drug-likeness (QED) is 0.540. The number of nitrogens with zero attached hydrogens (tertiary/aromatic N) is 1. The van der Waals surface area contributed by atoms with E-state index in [4.69, 9.17) is 4.74 Å². The van der Waals surface area contributed by atoms with Crippen molar-refractivity contribution in [1.82, 2.24) is 10.9 Å². The van der Waals surface area contributed by atoms with Gasteiger partial charge >= 0.3 is 5.97 Å². The molecular formula is C22H24FN3O5. The fourth-order valence-corrected chi connectivity index (χ4v) is 3.18. The van der Waals surface area contributed by atoms with E-state index in [-0.39, 0.29) is 17.7 Å². The van der Waals surface area contributed by atoms with Gasteiger partial charge in [0, 0.05) is 44.1 Å². The zero-order chi connectivity index (χ0) is 22.2. The van der Waals surface area contributed by atoms with Crippen LogP contribution in [0.1, 0.15) is 30.1 Å². The fraction of sp³-hybridized carbons (Fsp3) is 0.318. The van der Waals surface area contributed by atoms with Gasteiger partial charge < -0.3 is 14.4 Å². The fourth-order valence-electron chi connectivity index (χ4n) is 3.18. The van der Waals surface area contributed by atoms with Gasteiger partial charge in [-0.05, 0) is 36.4 Å². The lowest BCUT2D eigenvalue weighted by Crippen LogP contribution is -2.43. The molecule has 0 aliphatic carbocycles. The average Bonchev–Trinajstić information content (AvgIpc) is 2.78. The summed E-state index contributed by atoms with van der Waals surface area (Å²) in [5.74, 6) is -1.79. The lowest BCUT2D eigenvalue weighted by Gasteiger charge is -2.33. The molecule has 164 valence electrons. The Bertz CT molecular complexity index is 927. The summed E-state index contributed by atoms with van der Waals surface area (Å²) in [6.07, 6.45) is 1.46. The maximum Gasteiger partial charge on any atom is 0.303 e. The van der Waals surface area contributed by atoms with E-state index in [9.17, 15) is 18.8 Å². The Morgan fingerprint density at radius 1 is 1.03 bits per heavy atom. The molecule has 9 heteroatoms. The number of hydrogen-bond acceptors (Lipinski definition) is 6. The molecule has 0 aromatic heterocycles. The third kappa shape index (κ3) is 6.43. The number of esters is 1. The van der Waals surface area contributed by atoms with Gasteiger partial charge in [-0.2, -0.15) is 0 Å². The standard InChI is InChI=1S/C22H24FN3O5/c1-15(27)30-14-21(28)24-25-22(29)16-6-8-17(9-7-16)26-12-10-18(11-13-26)31-20-5-3-2-4-19(20)23/h2-9,18H,10-14H2,1H3,(H,24,28)(H,25,29). The van der Waals surface area contributed by atoms with Crippen LogP contribution in [0.25, 0.3) is 0 Å². The van der Waals surface area contributed by atoms with Gasteiger partial charge in [-0.15, -0.1) is 0 Å². The van der Waals surface area contributed by atoms with E-state index in [0.29, 0.717) is 5.56 Å². The molecule has 0 radical (unpaired) electrons. The highest BCUT2D eigenvalue weighted by Gasteiger charge is 2.22. The summed E-state index contributed by atoms with van der Waals surface area (Å²) in [5.41, 5.74) is 5.77. The van der Waals surface area contributed by atoms with Crippen LogP contribution in [0, 0.1) is 5.82 Å². The van der Waals surface area contributed by atoms with Crippen LogP contribution < -0.4 is 20.5 Å². The molecule has 0 saturated carbocycles. The lowest BCUT2D eigenvalue weighted by molar-refractivity contribution is -0.146. The van der Waals surface area contributed by atoms with Gasteiger partial charge in [0.15, 0.2) is 18.2 Å². The second kappa shape index (κ2) is 10.4. The second-order valence-electron chi connectivity index (χ2n) is 7.06. The molecule has 1 aliphatic rings. The first kappa shape index (κ1) is 22.1. The van der Waals surface area contributed by atoms with Crippen LogP contribution in [0.15, 0.2) is 48.5 Å². The molecule has 1 fully saturated rings. The minimum atomic E-state index is -0.638. The lowest BCUT2D eigenvalue weighted by atomic mass is 10.1. The highest BCUT2D eigenvalue weighted by molar-refractivity contribution is 5.95. The zero-order valence-electron chi connectivity index (χ0n) is 17.1. The molecule has 1 aliphatic heterocycles. The van der Waals surface area contributed by atoms with Crippen molar-refractivity contribution in [3.63, 3.8) is 0 Å². The number of benzene rings is 2. The van der Waals surface area contributed by atoms with E-state index in [1.54, 1.807) is 30.3 Å². The van der Waals surface area contributed by atoms with Crippen LogP contribution in [-0.2, 0) is 14.3 Å². The second-order valence-corrected chi connectivity index (χ2v) is 7.06. The molecule has 3 rings (SSSR count). The van der Waals surface area contributed by atoms with Gasteiger partial charge in [0.1, 0.15) is 6.10 Å².